The number of halogens is 2. The normalized spacial score (nSPS) is 11.9. The summed E-state index contributed by atoms with van der Waals surface area (Å²) in [5.41, 5.74) is 3.22. The molecule has 0 fully saturated rings. The summed E-state index contributed by atoms with van der Waals surface area (Å²) in [7, 11) is 0.930. The van der Waals surface area contributed by atoms with Crippen molar-refractivity contribution in [2.75, 3.05) is 0 Å². The molecule has 0 spiro atoms. The Hall–Kier alpha value is -1.31. The zero-order chi connectivity index (χ0) is 24.8. The first-order valence-electron chi connectivity index (χ1n) is 12.2. The molecule has 4 heteroatoms. The maximum absolute atomic E-state index is 2.99. The van der Waals surface area contributed by atoms with Crippen LogP contribution in [0.15, 0.2) is 91.0 Å². The molecule has 5 rings (SSSR count). The van der Waals surface area contributed by atoms with E-state index in [1.54, 1.807) is 0 Å². The Labute approximate surface area is 259 Å². The van der Waals surface area contributed by atoms with E-state index in [1.165, 1.54) is 37.9 Å². The number of hydrogen-bond donors (Lipinski definition) is 0. The minimum atomic E-state index is 0. The Kier molecular flexibility index (Phi) is 15.4. The third-order valence-electron chi connectivity index (χ3n) is 6.07. The summed E-state index contributed by atoms with van der Waals surface area (Å²) >= 11 is 0. The molecule has 1 aliphatic rings. The predicted octanol–water partition coefficient (Wildman–Crippen LogP) is 2.68. The number of benzene rings is 3. The fourth-order valence-corrected chi connectivity index (χ4v) is 4.62. The topological polar surface area (TPSA) is 0 Å². The molecule has 192 valence electrons. The van der Waals surface area contributed by atoms with E-state index in [0.29, 0.717) is 0 Å². The van der Waals surface area contributed by atoms with Crippen LogP contribution >= 0.6 is 0 Å². The van der Waals surface area contributed by atoms with Gasteiger partial charge in [-0.2, -0.15) is 6.08 Å². The van der Waals surface area contributed by atoms with Crippen molar-refractivity contribution in [3.05, 3.63) is 108 Å². The Morgan fingerprint density at radius 1 is 0.784 bits per heavy atom. The molecule has 1 aliphatic carbocycles. The molecule has 4 aromatic carbocycles. The van der Waals surface area contributed by atoms with Crippen LogP contribution in [0.25, 0.3) is 21.5 Å². The van der Waals surface area contributed by atoms with Gasteiger partial charge in [-0.05, 0) is 10.8 Å². The van der Waals surface area contributed by atoms with Crippen LogP contribution in [0.2, 0.25) is 6.55 Å². The maximum atomic E-state index is 2.99. The van der Waals surface area contributed by atoms with E-state index >= 15 is 0 Å². The molecule has 0 bridgehead atoms. The second kappa shape index (κ2) is 15.9. The monoisotopic (exact) mass is 622 g/mol. The van der Waals surface area contributed by atoms with Gasteiger partial charge in [0.25, 0.3) is 0 Å². The Bertz CT molecular complexity index is 1260. The van der Waals surface area contributed by atoms with Gasteiger partial charge in [-0.25, -0.2) is 12.2 Å². The fraction of sp³-hybridized carbons (Fsp3) is 0.303. The molecule has 37 heavy (non-hydrogen) atoms. The van der Waals surface area contributed by atoms with Gasteiger partial charge in [-0.1, -0.05) is 125 Å². The van der Waals surface area contributed by atoms with Crippen LogP contribution in [-0.4, -0.2) is 9.52 Å². The third-order valence-corrected chi connectivity index (χ3v) is 6.98. The van der Waals surface area contributed by atoms with Gasteiger partial charge < -0.3 is 24.8 Å². The number of rotatable bonds is 1. The van der Waals surface area contributed by atoms with Gasteiger partial charge in [0.2, 0.25) is 0 Å². The molecule has 0 atom stereocenters. The third kappa shape index (κ3) is 10.1. The molecular formula is C33H38Cl2SiZr. The van der Waals surface area contributed by atoms with Crippen molar-refractivity contribution in [2.45, 2.75) is 65.3 Å². The maximum Gasteiger partial charge on any atom is 4.00 e. The van der Waals surface area contributed by atoms with E-state index < -0.39 is 0 Å². The van der Waals surface area contributed by atoms with Crippen molar-refractivity contribution in [3.63, 3.8) is 0 Å². The number of allylic oxidation sites excluding steroid dienone is 4. The molecule has 2 radical (unpaired) electrons. The molecule has 0 amide bonds. The largest absolute Gasteiger partial charge is 4.00 e. The number of hydrogen-bond acceptors (Lipinski definition) is 0. The van der Waals surface area contributed by atoms with Crippen LogP contribution in [-0.2, 0) is 37.0 Å². The van der Waals surface area contributed by atoms with Crippen molar-refractivity contribution < 1.29 is 51.0 Å². The summed E-state index contributed by atoms with van der Waals surface area (Å²) in [5.74, 6) is 0. The smallest absolute Gasteiger partial charge is 1.00 e. The van der Waals surface area contributed by atoms with E-state index in [1.807, 2.05) is 18.2 Å². The second-order valence-electron chi connectivity index (χ2n) is 10.8. The first kappa shape index (κ1) is 35.7. The first-order chi connectivity index (χ1) is 16.1. The van der Waals surface area contributed by atoms with Gasteiger partial charge in [0, 0.05) is 0 Å². The summed E-state index contributed by atoms with van der Waals surface area (Å²) in [6.45, 7) is 15.9. The van der Waals surface area contributed by atoms with Crippen LogP contribution in [0.5, 0.6) is 0 Å². The van der Waals surface area contributed by atoms with Crippen molar-refractivity contribution in [2.24, 2.45) is 0 Å². The Balaban J connectivity index is 0.000000673. The summed E-state index contributed by atoms with van der Waals surface area (Å²) in [6, 6.07) is 26.5. The van der Waals surface area contributed by atoms with E-state index in [4.69, 9.17) is 0 Å². The average Bonchev–Trinajstić information content (AvgIpc) is 3.50. The Morgan fingerprint density at radius 2 is 1.46 bits per heavy atom. The zero-order valence-corrected chi connectivity index (χ0v) is 28.1. The fourth-order valence-electron chi connectivity index (χ4n) is 4.09. The first-order valence-corrected chi connectivity index (χ1v) is 13.7. The van der Waals surface area contributed by atoms with Gasteiger partial charge >= 0.3 is 26.2 Å². The van der Waals surface area contributed by atoms with Crippen LogP contribution in [0.3, 0.4) is 0 Å². The van der Waals surface area contributed by atoms with E-state index in [-0.39, 0.29) is 61.8 Å². The van der Waals surface area contributed by atoms with E-state index in [2.05, 4.69) is 127 Å². The molecule has 0 unspecified atom stereocenters. The van der Waals surface area contributed by atoms with Crippen LogP contribution in [0.1, 0.15) is 59.1 Å². The van der Waals surface area contributed by atoms with Gasteiger partial charge in [0.15, 0.2) is 0 Å². The minimum absolute atomic E-state index is 0. The van der Waals surface area contributed by atoms with Crippen LogP contribution in [0, 0.1) is 6.08 Å². The summed E-state index contributed by atoms with van der Waals surface area (Å²) < 4.78 is 0. The molecule has 0 nitrogen and oxygen atoms in total. The molecule has 4 aromatic rings. The van der Waals surface area contributed by atoms with E-state index in [9.17, 15) is 0 Å². The minimum Gasteiger partial charge on any atom is -1.00 e. The average molecular weight is 625 g/mol. The van der Waals surface area contributed by atoms with Crippen molar-refractivity contribution >= 4 is 36.3 Å². The van der Waals surface area contributed by atoms with Crippen LogP contribution in [0.4, 0.5) is 0 Å². The molecule has 0 saturated heterocycles. The predicted molar refractivity (Wildman–Crippen MR) is 154 cm³/mol. The van der Waals surface area contributed by atoms with Crippen molar-refractivity contribution in [1.29, 1.82) is 0 Å². The Morgan fingerprint density at radius 3 is 1.92 bits per heavy atom. The molecule has 0 heterocycles. The molecule has 0 aromatic heterocycles. The van der Waals surface area contributed by atoms with Crippen LogP contribution < -0.4 is 30.0 Å². The molecule has 0 aliphatic heterocycles. The van der Waals surface area contributed by atoms with Gasteiger partial charge in [0.05, 0.1) is 9.52 Å². The quantitative estimate of drug-likeness (QED) is 0.226. The summed E-state index contributed by atoms with van der Waals surface area (Å²) in [6.07, 6.45) is 10.0. The van der Waals surface area contributed by atoms with Crippen molar-refractivity contribution in [1.82, 2.24) is 0 Å². The van der Waals surface area contributed by atoms with E-state index in [0.717, 1.165) is 15.9 Å². The van der Waals surface area contributed by atoms with Gasteiger partial charge in [-0.15, -0.1) is 40.1 Å². The van der Waals surface area contributed by atoms with Gasteiger partial charge in [0.1, 0.15) is 0 Å². The summed E-state index contributed by atoms with van der Waals surface area (Å²) in [5, 5.41) is 6.99. The standard InChI is InChI=1S/C21H25.C7H8Si.C5H5.2ClH.Zr/c1-20(2,3)15-11-10-14-12-18-16(17(14)13-15)8-7-9-19(18)21(4,5)6;1-8-7-5-3-2-4-6-7;1-2-4-5-3-1;;;/h7-13H,1-6H3;2-6H,1H3;1-3H,4H2;2*1H;/q-1;;-1;;;+4/p-2. The molecule has 0 N–H and O–H groups in total. The van der Waals surface area contributed by atoms with Gasteiger partial charge in [-0.3, -0.25) is 6.08 Å². The second-order valence-corrected chi connectivity index (χ2v) is 11.9. The SMILES string of the molecule is CC(C)(C)c1ccc2[cH-]c3c(C(C)(C)C)cccc3c2c1.C[Si]c1ccccc1.[C-]1=CC=CC1.[Cl-].[Cl-].[Zr+4]. The molecular weight excluding hydrogens is 587 g/mol. The summed E-state index contributed by atoms with van der Waals surface area (Å²) in [4.78, 5) is 0. The number of fused-ring (bicyclic) bond motifs is 3. The zero-order valence-electron chi connectivity index (χ0n) is 23.1. The molecule has 0 saturated carbocycles. The van der Waals surface area contributed by atoms with Crippen molar-refractivity contribution in [3.8, 4) is 0 Å².